The number of nitrogens with one attached hydrogen (secondary N) is 1. The third kappa shape index (κ3) is 3.49. The third-order valence-electron chi connectivity index (χ3n) is 2.83. The van der Waals surface area contributed by atoms with Crippen molar-refractivity contribution in [3.8, 4) is 0 Å². The largest absolute Gasteiger partial charge is 0.346 e. The van der Waals surface area contributed by atoms with Crippen molar-refractivity contribution in [1.82, 2.24) is 5.32 Å². The maximum absolute atomic E-state index is 12.1. The van der Waals surface area contributed by atoms with Gasteiger partial charge in [0.15, 0.2) is 0 Å². The number of hydrogen-bond acceptors (Lipinski definition) is 1. The number of rotatable bonds is 3. The van der Waals surface area contributed by atoms with Crippen LogP contribution in [0.3, 0.4) is 0 Å². The molecule has 0 aliphatic rings. The van der Waals surface area contributed by atoms with Crippen LogP contribution in [-0.4, -0.2) is 5.91 Å². The molecule has 0 saturated heterocycles. The Hall–Kier alpha value is -1.51. The van der Waals surface area contributed by atoms with Gasteiger partial charge in [0.1, 0.15) is 0 Å². The first-order chi connectivity index (χ1) is 9.08. The molecule has 1 unspecified atom stereocenters. The lowest BCUT2D eigenvalue weighted by atomic mass is 10.1. The highest BCUT2D eigenvalue weighted by atomic mass is 35.5. The number of carbonyl (C=O) groups is 1. The van der Waals surface area contributed by atoms with Crippen LogP contribution < -0.4 is 5.32 Å². The van der Waals surface area contributed by atoms with E-state index in [1.165, 1.54) is 0 Å². The summed E-state index contributed by atoms with van der Waals surface area (Å²) in [6, 6.07) is 14.5. The predicted molar refractivity (Wildman–Crippen MR) is 78.8 cm³/mol. The van der Waals surface area contributed by atoms with E-state index in [9.17, 15) is 4.79 Å². The second-order valence-corrected chi connectivity index (χ2v) is 5.05. The number of carbonyl (C=O) groups excluding carboxylic acids is 1. The molecule has 0 aromatic heterocycles. The molecule has 0 heterocycles. The van der Waals surface area contributed by atoms with Gasteiger partial charge >= 0.3 is 0 Å². The fourth-order valence-electron chi connectivity index (χ4n) is 1.74. The summed E-state index contributed by atoms with van der Waals surface area (Å²) in [5.41, 5.74) is 1.55. The Balaban J connectivity index is 2.11. The number of halogens is 2. The Morgan fingerprint density at radius 3 is 2.37 bits per heavy atom. The minimum atomic E-state index is -0.171. The summed E-state index contributed by atoms with van der Waals surface area (Å²) in [5, 5.41) is 3.73. The minimum absolute atomic E-state index is 0.0665. The van der Waals surface area contributed by atoms with Crippen LogP contribution in [-0.2, 0) is 0 Å². The normalized spacial score (nSPS) is 11.9. The summed E-state index contributed by atoms with van der Waals surface area (Å²) >= 11 is 11.7. The summed E-state index contributed by atoms with van der Waals surface area (Å²) in [5.74, 6) is -0.171. The smallest absolute Gasteiger partial charge is 0.251 e. The second kappa shape index (κ2) is 6.09. The van der Waals surface area contributed by atoms with Crippen LogP contribution in [0.25, 0.3) is 0 Å². The van der Waals surface area contributed by atoms with Gasteiger partial charge in [-0.25, -0.2) is 0 Å². The van der Waals surface area contributed by atoms with Crippen LogP contribution in [0.1, 0.15) is 28.9 Å². The van der Waals surface area contributed by atoms with E-state index in [2.05, 4.69) is 5.32 Å². The lowest BCUT2D eigenvalue weighted by Gasteiger charge is -2.14. The van der Waals surface area contributed by atoms with E-state index >= 15 is 0 Å². The van der Waals surface area contributed by atoms with E-state index in [-0.39, 0.29) is 11.9 Å². The summed E-state index contributed by atoms with van der Waals surface area (Å²) in [6.07, 6.45) is 0. The van der Waals surface area contributed by atoms with Gasteiger partial charge < -0.3 is 5.32 Å². The molecule has 1 amide bonds. The van der Waals surface area contributed by atoms with Crippen molar-refractivity contribution in [1.29, 1.82) is 0 Å². The monoisotopic (exact) mass is 293 g/mol. The Morgan fingerprint density at radius 2 is 1.74 bits per heavy atom. The highest BCUT2D eigenvalue weighted by molar-refractivity contribution is 6.42. The zero-order chi connectivity index (χ0) is 13.8. The Morgan fingerprint density at radius 1 is 1.05 bits per heavy atom. The van der Waals surface area contributed by atoms with Gasteiger partial charge in [-0.05, 0) is 30.7 Å². The van der Waals surface area contributed by atoms with E-state index in [4.69, 9.17) is 23.2 Å². The quantitative estimate of drug-likeness (QED) is 0.888. The van der Waals surface area contributed by atoms with Gasteiger partial charge in [0.25, 0.3) is 5.91 Å². The topological polar surface area (TPSA) is 29.1 Å². The molecule has 1 atom stereocenters. The van der Waals surface area contributed by atoms with E-state index in [0.717, 1.165) is 5.56 Å². The molecule has 0 aliphatic carbocycles. The van der Waals surface area contributed by atoms with Crippen molar-refractivity contribution >= 4 is 29.1 Å². The molecule has 0 aliphatic heterocycles. The molecule has 0 radical (unpaired) electrons. The van der Waals surface area contributed by atoms with E-state index in [1.807, 2.05) is 37.3 Å². The molecule has 2 aromatic rings. The molecule has 2 aromatic carbocycles. The van der Waals surface area contributed by atoms with Gasteiger partial charge in [0.05, 0.1) is 16.1 Å². The Labute approximate surface area is 122 Å². The lowest BCUT2D eigenvalue weighted by molar-refractivity contribution is 0.0940. The van der Waals surface area contributed by atoms with E-state index in [0.29, 0.717) is 15.6 Å². The molecule has 0 saturated carbocycles. The average Bonchev–Trinajstić information content (AvgIpc) is 2.42. The second-order valence-electron chi connectivity index (χ2n) is 4.23. The molecule has 2 rings (SSSR count). The van der Waals surface area contributed by atoms with Gasteiger partial charge in [0, 0.05) is 5.56 Å². The van der Waals surface area contributed by atoms with Crippen molar-refractivity contribution in [3.05, 3.63) is 69.7 Å². The fourth-order valence-corrected chi connectivity index (χ4v) is 2.04. The molecule has 98 valence electrons. The first-order valence-corrected chi connectivity index (χ1v) is 6.64. The zero-order valence-corrected chi connectivity index (χ0v) is 11.9. The zero-order valence-electron chi connectivity index (χ0n) is 10.4. The van der Waals surface area contributed by atoms with E-state index < -0.39 is 0 Å². The van der Waals surface area contributed by atoms with Crippen molar-refractivity contribution < 1.29 is 4.79 Å². The standard InChI is InChI=1S/C15H13Cl2NO/c1-10(11-5-3-2-4-6-11)18-15(19)12-7-8-13(16)14(17)9-12/h2-10H,1H3,(H,18,19). The number of hydrogen-bond donors (Lipinski definition) is 1. The van der Waals surface area contributed by atoms with Crippen LogP contribution in [0.2, 0.25) is 10.0 Å². The van der Waals surface area contributed by atoms with E-state index in [1.54, 1.807) is 18.2 Å². The Bertz CT molecular complexity index is 584. The van der Waals surface area contributed by atoms with Crippen molar-refractivity contribution in [3.63, 3.8) is 0 Å². The molecule has 19 heavy (non-hydrogen) atoms. The lowest BCUT2D eigenvalue weighted by Crippen LogP contribution is -2.26. The van der Waals surface area contributed by atoms with Gasteiger partial charge in [-0.2, -0.15) is 0 Å². The van der Waals surface area contributed by atoms with Crippen LogP contribution in [0, 0.1) is 0 Å². The molecule has 4 heteroatoms. The molecule has 2 nitrogen and oxygen atoms in total. The Kier molecular flexibility index (Phi) is 4.46. The van der Waals surface area contributed by atoms with Crippen LogP contribution in [0.15, 0.2) is 48.5 Å². The van der Waals surface area contributed by atoms with Gasteiger partial charge in [-0.15, -0.1) is 0 Å². The summed E-state index contributed by atoms with van der Waals surface area (Å²) < 4.78 is 0. The minimum Gasteiger partial charge on any atom is -0.346 e. The summed E-state index contributed by atoms with van der Waals surface area (Å²) in [4.78, 5) is 12.1. The number of benzene rings is 2. The third-order valence-corrected chi connectivity index (χ3v) is 3.57. The molecule has 1 N–H and O–H groups in total. The van der Waals surface area contributed by atoms with Crippen molar-refractivity contribution in [2.75, 3.05) is 0 Å². The van der Waals surface area contributed by atoms with Crippen LogP contribution in [0.4, 0.5) is 0 Å². The first-order valence-electron chi connectivity index (χ1n) is 5.89. The summed E-state index contributed by atoms with van der Waals surface area (Å²) in [6.45, 7) is 1.94. The maximum atomic E-state index is 12.1. The van der Waals surface area contributed by atoms with Gasteiger partial charge in [-0.3, -0.25) is 4.79 Å². The molecule has 0 bridgehead atoms. The van der Waals surface area contributed by atoms with Crippen LogP contribution >= 0.6 is 23.2 Å². The summed E-state index contributed by atoms with van der Waals surface area (Å²) in [7, 11) is 0. The highest BCUT2D eigenvalue weighted by Crippen LogP contribution is 2.23. The average molecular weight is 294 g/mol. The number of amides is 1. The van der Waals surface area contributed by atoms with Crippen molar-refractivity contribution in [2.45, 2.75) is 13.0 Å². The van der Waals surface area contributed by atoms with Gasteiger partial charge in [-0.1, -0.05) is 53.5 Å². The highest BCUT2D eigenvalue weighted by Gasteiger charge is 2.12. The maximum Gasteiger partial charge on any atom is 0.251 e. The fraction of sp³-hybridized carbons (Fsp3) is 0.133. The molecule has 0 spiro atoms. The van der Waals surface area contributed by atoms with Crippen molar-refractivity contribution in [2.24, 2.45) is 0 Å². The SMILES string of the molecule is CC(NC(=O)c1ccc(Cl)c(Cl)c1)c1ccccc1. The molecular formula is C15H13Cl2NO. The van der Waals surface area contributed by atoms with Gasteiger partial charge in [0.2, 0.25) is 0 Å². The molecular weight excluding hydrogens is 281 g/mol. The first kappa shape index (κ1) is 13.9. The van der Waals surface area contributed by atoms with Crippen LogP contribution in [0.5, 0.6) is 0 Å². The molecule has 0 fully saturated rings. The predicted octanol–water partition coefficient (Wildman–Crippen LogP) is 4.48.